The second-order valence-electron chi connectivity index (χ2n) is 6.51. The van der Waals surface area contributed by atoms with Gasteiger partial charge in [0, 0.05) is 18.7 Å². The average Bonchev–Trinajstić information content (AvgIpc) is 2.75. The van der Waals surface area contributed by atoms with Crippen molar-refractivity contribution in [2.75, 3.05) is 14.2 Å². The lowest BCUT2D eigenvalue weighted by Gasteiger charge is -2.30. The number of rotatable bonds is 1. The van der Waals surface area contributed by atoms with Crippen molar-refractivity contribution >= 4 is 0 Å². The van der Waals surface area contributed by atoms with E-state index in [-0.39, 0.29) is 5.41 Å². The maximum atomic E-state index is 5.43. The predicted molar refractivity (Wildman–Crippen MR) is 85.4 cm³/mol. The topological polar surface area (TPSA) is 12.5 Å². The fourth-order valence-corrected chi connectivity index (χ4v) is 4.23. The van der Waals surface area contributed by atoms with Gasteiger partial charge in [-0.3, -0.25) is 0 Å². The first-order chi connectivity index (χ1) is 10.1. The van der Waals surface area contributed by atoms with E-state index < -0.39 is 0 Å². The normalized spacial score (nSPS) is 29.3. The van der Waals surface area contributed by atoms with Crippen LogP contribution in [-0.4, -0.2) is 19.1 Å². The Morgan fingerprint density at radius 2 is 2.19 bits per heavy atom. The zero-order valence-electron chi connectivity index (χ0n) is 12.9. The molecule has 1 aromatic carbocycles. The molecule has 0 saturated carbocycles. The molecule has 0 fully saturated rings. The second-order valence-corrected chi connectivity index (χ2v) is 6.51. The third-order valence-electron chi connectivity index (χ3n) is 5.31. The lowest BCUT2D eigenvalue weighted by Crippen LogP contribution is -2.23. The van der Waals surface area contributed by atoms with Crippen molar-refractivity contribution in [2.24, 2.45) is 0 Å². The highest BCUT2D eigenvalue weighted by atomic mass is 16.5. The molecule has 0 spiro atoms. The van der Waals surface area contributed by atoms with Crippen molar-refractivity contribution in [3.63, 3.8) is 0 Å². The largest absolute Gasteiger partial charge is 0.497 e. The van der Waals surface area contributed by atoms with Crippen molar-refractivity contribution in [2.45, 2.75) is 31.2 Å². The van der Waals surface area contributed by atoms with Gasteiger partial charge in [-0.05, 0) is 47.2 Å². The Hall–Kier alpha value is -1.96. The van der Waals surface area contributed by atoms with Crippen LogP contribution in [0.1, 0.15) is 36.9 Å². The van der Waals surface area contributed by atoms with Crippen LogP contribution >= 0.6 is 0 Å². The maximum absolute atomic E-state index is 5.43. The minimum Gasteiger partial charge on any atom is -0.497 e. The van der Waals surface area contributed by atoms with Gasteiger partial charge >= 0.3 is 0 Å². The quantitative estimate of drug-likeness (QED) is 0.767. The Labute approximate surface area is 126 Å². The highest BCUT2D eigenvalue weighted by molar-refractivity contribution is 5.60. The molecule has 1 aromatic rings. The molecule has 0 N–H and O–H groups in total. The summed E-state index contributed by atoms with van der Waals surface area (Å²) >= 11 is 0. The van der Waals surface area contributed by atoms with E-state index in [1.165, 1.54) is 22.3 Å². The molecule has 0 amide bonds. The number of ether oxygens (including phenoxy) is 1. The summed E-state index contributed by atoms with van der Waals surface area (Å²) in [7, 11) is 3.94. The van der Waals surface area contributed by atoms with Crippen LogP contribution in [0, 0.1) is 0 Å². The standard InChI is InChI=1S/C19H21NO/c1-19-11-18(15-10-14(21-3)8-9-17(15)19)20(2)12-13-6-4-5-7-16(13)19/h4,6-10,12,18H,5,11H2,1-3H3. The van der Waals surface area contributed by atoms with Gasteiger partial charge < -0.3 is 9.64 Å². The van der Waals surface area contributed by atoms with Gasteiger partial charge in [0.15, 0.2) is 0 Å². The van der Waals surface area contributed by atoms with E-state index in [2.05, 4.69) is 61.5 Å². The zero-order chi connectivity index (χ0) is 14.6. The Bertz CT molecular complexity index is 698. The molecule has 2 bridgehead atoms. The van der Waals surface area contributed by atoms with Crippen molar-refractivity contribution in [3.8, 4) is 5.75 Å². The molecule has 1 heterocycles. The Balaban J connectivity index is 1.95. The fourth-order valence-electron chi connectivity index (χ4n) is 4.23. The summed E-state index contributed by atoms with van der Waals surface area (Å²) in [5, 5.41) is 0. The monoisotopic (exact) mass is 279 g/mol. The molecule has 2 atom stereocenters. The maximum Gasteiger partial charge on any atom is 0.119 e. The first-order valence-electron chi connectivity index (χ1n) is 7.63. The minimum absolute atomic E-state index is 0.119. The molecule has 0 aromatic heterocycles. The number of hydrogen-bond acceptors (Lipinski definition) is 2. The van der Waals surface area contributed by atoms with Crippen LogP contribution in [0.3, 0.4) is 0 Å². The van der Waals surface area contributed by atoms with E-state index in [1.54, 1.807) is 7.11 Å². The molecule has 2 nitrogen and oxygen atoms in total. The predicted octanol–water partition coefficient (Wildman–Crippen LogP) is 4.11. The van der Waals surface area contributed by atoms with E-state index in [9.17, 15) is 0 Å². The number of methoxy groups -OCH3 is 1. The summed E-state index contributed by atoms with van der Waals surface area (Å²) in [6, 6.07) is 7.03. The first-order valence-corrected chi connectivity index (χ1v) is 7.63. The summed E-state index contributed by atoms with van der Waals surface area (Å²) < 4.78 is 5.43. The van der Waals surface area contributed by atoms with Crippen LogP contribution in [0.15, 0.2) is 53.8 Å². The SMILES string of the molecule is COc1ccc2c(c1)C1CC2(C)C2=CCC=CC2=CN1C. The summed E-state index contributed by atoms with van der Waals surface area (Å²) in [5.41, 5.74) is 5.86. The Morgan fingerprint density at radius 1 is 1.33 bits per heavy atom. The highest BCUT2D eigenvalue weighted by Crippen LogP contribution is 2.55. The van der Waals surface area contributed by atoms with Crippen LogP contribution in [0.4, 0.5) is 0 Å². The van der Waals surface area contributed by atoms with Gasteiger partial charge in [-0.2, -0.15) is 0 Å². The molecule has 2 unspecified atom stereocenters. The van der Waals surface area contributed by atoms with Crippen LogP contribution in [-0.2, 0) is 5.41 Å². The summed E-state index contributed by atoms with van der Waals surface area (Å²) in [6.45, 7) is 2.40. The van der Waals surface area contributed by atoms with Gasteiger partial charge in [-0.1, -0.05) is 31.2 Å². The molecular formula is C19H21NO. The molecule has 0 radical (unpaired) electrons. The lowest BCUT2D eigenvalue weighted by molar-refractivity contribution is 0.314. The van der Waals surface area contributed by atoms with E-state index >= 15 is 0 Å². The van der Waals surface area contributed by atoms with E-state index in [0.29, 0.717) is 6.04 Å². The third kappa shape index (κ3) is 1.65. The van der Waals surface area contributed by atoms with Crippen LogP contribution in [0.5, 0.6) is 5.75 Å². The molecule has 21 heavy (non-hydrogen) atoms. The van der Waals surface area contributed by atoms with Crippen LogP contribution < -0.4 is 4.74 Å². The van der Waals surface area contributed by atoms with Gasteiger partial charge in [0.05, 0.1) is 13.2 Å². The van der Waals surface area contributed by atoms with Crippen molar-refractivity contribution in [1.82, 2.24) is 4.90 Å². The molecule has 0 saturated heterocycles. The summed E-state index contributed by atoms with van der Waals surface area (Å²) in [6.07, 6.45) is 11.4. The second kappa shape index (κ2) is 4.27. The van der Waals surface area contributed by atoms with Gasteiger partial charge in [0.25, 0.3) is 0 Å². The van der Waals surface area contributed by atoms with E-state index in [4.69, 9.17) is 4.74 Å². The molecule has 4 rings (SSSR count). The molecule has 1 aliphatic heterocycles. The zero-order valence-corrected chi connectivity index (χ0v) is 12.9. The van der Waals surface area contributed by atoms with Gasteiger partial charge in [0.2, 0.25) is 0 Å². The number of allylic oxidation sites excluding steroid dienone is 5. The van der Waals surface area contributed by atoms with Crippen LogP contribution in [0.25, 0.3) is 0 Å². The minimum atomic E-state index is 0.119. The molecule has 108 valence electrons. The summed E-state index contributed by atoms with van der Waals surface area (Å²) in [5.74, 6) is 0.957. The smallest absolute Gasteiger partial charge is 0.119 e. The molecule has 2 aliphatic carbocycles. The fraction of sp³-hybridized carbons (Fsp3) is 0.368. The molecule has 3 aliphatic rings. The number of benzene rings is 1. The highest BCUT2D eigenvalue weighted by Gasteiger charge is 2.46. The van der Waals surface area contributed by atoms with E-state index in [1.807, 2.05) is 0 Å². The third-order valence-corrected chi connectivity index (χ3v) is 5.31. The first kappa shape index (κ1) is 12.8. The van der Waals surface area contributed by atoms with Crippen molar-refractivity contribution in [1.29, 1.82) is 0 Å². The van der Waals surface area contributed by atoms with Gasteiger partial charge in [0.1, 0.15) is 5.75 Å². The number of hydrogen-bond donors (Lipinski definition) is 0. The number of nitrogens with zero attached hydrogens (tertiary/aromatic N) is 1. The average molecular weight is 279 g/mol. The van der Waals surface area contributed by atoms with Crippen molar-refractivity contribution < 1.29 is 4.74 Å². The summed E-state index contributed by atoms with van der Waals surface area (Å²) in [4.78, 5) is 2.37. The van der Waals surface area contributed by atoms with Gasteiger partial charge in [-0.15, -0.1) is 0 Å². The Kier molecular flexibility index (Phi) is 2.59. The molecular weight excluding hydrogens is 258 g/mol. The van der Waals surface area contributed by atoms with E-state index in [0.717, 1.165) is 18.6 Å². The number of fused-ring (bicyclic) bond motifs is 7. The van der Waals surface area contributed by atoms with Crippen molar-refractivity contribution in [3.05, 3.63) is 64.9 Å². The molecule has 2 heteroatoms. The van der Waals surface area contributed by atoms with Gasteiger partial charge in [-0.25, -0.2) is 0 Å². The lowest BCUT2D eigenvalue weighted by atomic mass is 9.72. The van der Waals surface area contributed by atoms with Crippen LogP contribution in [0.2, 0.25) is 0 Å². The Morgan fingerprint density at radius 3 is 3.00 bits per heavy atom.